The summed E-state index contributed by atoms with van der Waals surface area (Å²) in [7, 11) is 0. The molecule has 0 spiro atoms. The van der Waals surface area contributed by atoms with Gasteiger partial charge in [-0.15, -0.1) is 0 Å². The number of hydrogen-bond acceptors (Lipinski definition) is 7. The van der Waals surface area contributed by atoms with Crippen LogP contribution in [0.3, 0.4) is 0 Å². The molecule has 0 unspecified atom stereocenters. The number of aromatic nitrogens is 6. The fraction of sp³-hybridized carbons (Fsp3) is 0.300. The minimum atomic E-state index is 0.225. The summed E-state index contributed by atoms with van der Waals surface area (Å²) in [6, 6.07) is 6.22. The van der Waals surface area contributed by atoms with E-state index < -0.39 is 0 Å². The largest absolute Gasteiger partial charge is 0.379 e. The molecule has 4 N–H and O–H groups in total. The lowest BCUT2D eigenvalue weighted by molar-refractivity contribution is 0.184. The van der Waals surface area contributed by atoms with Crippen LogP contribution in [0, 0.1) is 0 Å². The third-order valence-corrected chi connectivity index (χ3v) is 5.04. The molecule has 1 aliphatic heterocycles. The fourth-order valence-corrected chi connectivity index (χ4v) is 3.56. The Labute approximate surface area is 167 Å². The number of ether oxygens (including phenoxy) is 1. The highest BCUT2D eigenvalue weighted by molar-refractivity contribution is 5.85. The normalized spacial score (nSPS) is 16.5. The Bertz CT molecular complexity index is 1130. The van der Waals surface area contributed by atoms with E-state index in [0.717, 1.165) is 46.6 Å². The smallest absolute Gasteiger partial charge is 0.223 e. The lowest BCUT2D eigenvalue weighted by atomic mass is 10.1. The monoisotopic (exact) mass is 390 g/mol. The molecule has 5 heterocycles. The van der Waals surface area contributed by atoms with Gasteiger partial charge in [0, 0.05) is 61.0 Å². The van der Waals surface area contributed by atoms with Crippen LogP contribution < -0.4 is 11.1 Å². The molecule has 0 aliphatic carbocycles. The van der Waals surface area contributed by atoms with Gasteiger partial charge in [-0.1, -0.05) is 0 Å². The summed E-state index contributed by atoms with van der Waals surface area (Å²) >= 11 is 0. The lowest BCUT2D eigenvalue weighted by Crippen LogP contribution is -2.14. The minimum Gasteiger partial charge on any atom is -0.379 e. The van der Waals surface area contributed by atoms with Crippen molar-refractivity contribution in [3.05, 3.63) is 43.0 Å². The highest BCUT2D eigenvalue weighted by Crippen LogP contribution is 2.33. The molecule has 1 fully saturated rings. The van der Waals surface area contributed by atoms with Gasteiger partial charge in [0.05, 0.1) is 18.3 Å². The number of rotatable bonds is 6. The van der Waals surface area contributed by atoms with Crippen LogP contribution in [0.4, 0.5) is 5.95 Å². The maximum Gasteiger partial charge on any atom is 0.223 e. The second-order valence-corrected chi connectivity index (χ2v) is 7.01. The molecule has 4 aromatic rings. The molecule has 0 radical (unpaired) electrons. The van der Waals surface area contributed by atoms with Crippen molar-refractivity contribution in [1.82, 2.24) is 29.7 Å². The first kappa shape index (κ1) is 17.8. The molecule has 1 aliphatic rings. The number of nitrogens with zero attached hydrogens (tertiary/aromatic N) is 5. The average molecular weight is 390 g/mol. The molecule has 0 aromatic carbocycles. The Kier molecular flexibility index (Phi) is 4.66. The Morgan fingerprint density at radius 3 is 3.14 bits per heavy atom. The molecule has 5 rings (SSSR count). The summed E-state index contributed by atoms with van der Waals surface area (Å²) < 4.78 is 7.55. The van der Waals surface area contributed by atoms with Crippen LogP contribution in [0.25, 0.3) is 33.5 Å². The van der Waals surface area contributed by atoms with Crippen LogP contribution in [0.5, 0.6) is 0 Å². The van der Waals surface area contributed by atoms with E-state index in [1.165, 1.54) is 0 Å². The number of nitrogens with one attached hydrogen (secondary N) is 2. The van der Waals surface area contributed by atoms with Crippen LogP contribution in [-0.4, -0.2) is 56.0 Å². The summed E-state index contributed by atoms with van der Waals surface area (Å²) in [5.74, 6) is 0.551. The summed E-state index contributed by atoms with van der Waals surface area (Å²) in [5.41, 5.74) is 9.96. The molecule has 29 heavy (non-hydrogen) atoms. The van der Waals surface area contributed by atoms with E-state index in [9.17, 15) is 0 Å². The SMILES string of the molecule is NCCNc1nccc(-c2cn([C@@H]3CCOC3)nc2-c2cnc3[nH]ccc3c2)n1. The molecule has 9 nitrogen and oxygen atoms in total. The molecular formula is C20H22N8O. The fourth-order valence-electron chi connectivity index (χ4n) is 3.56. The van der Waals surface area contributed by atoms with Gasteiger partial charge in [-0.2, -0.15) is 5.10 Å². The Morgan fingerprint density at radius 1 is 1.31 bits per heavy atom. The van der Waals surface area contributed by atoms with Gasteiger partial charge in [0.25, 0.3) is 0 Å². The van der Waals surface area contributed by atoms with E-state index >= 15 is 0 Å². The predicted molar refractivity (Wildman–Crippen MR) is 110 cm³/mol. The van der Waals surface area contributed by atoms with Gasteiger partial charge in [-0.05, 0) is 24.6 Å². The molecule has 0 amide bonds. The number of aromatic amines is 1. The van der Waals surface area contributed by atoms with Crippen LogP contribution in [0.15, 0.2) is 43.0 Å². The van der Waals surface area contributed by atoms with Crippen LogP contribution in [0.2, 0.25) is 0 Å². The number of H-pyrrole nitrogens is 1. The zero-order valence-electron chi connectivity index (χ0n) is 15.9. The maximum absolute atomic E-state index is 5.58. The van der Waals surface area contributed by atoms with Gasteiger partial charge in [0.15, 0.2) is 0 Å². The summed E-state index contributed by atoms with van der Waals surface area (Å²) in [5, 5.41) is 9.08. The van der Waals surface area contributed by atoms with Crippen molar-refractivity contribution in [2.45, 2.75) is 12.5 Å². The number of anilines is 1. The van der Waals surface area contributed by atoms with Gasteiger partial charge < -0.3 is 20.8 Å². The average Bonchev–Trinajstić information content (AvgIpc) is 3.51. The highest BCUT2D eigenvalue weighted by atomic mass is 16.5. The standard InChI is InChI=1S/C20H22N8O/c21-4-7-24-20-23-6-2-17(26-20)16-11-28(15-3-8-29-12-15)27-18(16)14-9-13-1-5-22-19(13)25-10-14/h1-2,5-6,9-11,15H,3-4,7-8,12,21H2,(H,22,25)(H,23,24,26)/t15-/m1/s1. The van der Waals surface area contributed by atoms with E-state index in [1.807, 2.05) is 35.4 Å². The van der Waals surface area contributed by atoms with E-state index in [1.54, 1.807) is 6.20 Å². The van der Waals surface area contributed by atoms with Gasteiger partial charge in [0.2, 0.25) is 5.95 Å². The number of fused-ring (bicyclic) bond motifs is 1. The zero-order valence-corrected chi connectivity index (χ0v) is 15.9. The minimum absolute atomic E-state index is 0.225. The molecule has 0 saturated carbocycles. The van der Waals surface area contributed by atoms with Crippen molar-refractivity contribution >= 4 is 17.0 Å². The first-order valence-corrected chi connectivity index (χ1v) is 9.69. The number of hydrogen-bond donors (Lipinski definition) is 3. The van der Waals surface area contributed by atoms with E-state index in [-0.39, 0.29) is 6.04 Å². The predicted octanol–water partition coefficient (Wildman–Crippen LogP) is 2.22. The summed E-state index contributed by atoms with van der Waals surface area (Å²) in [4.78, 5) is 16.6. The molecule has 4 aromatic heterocycles. The van der Waals surface area contributed by atoms with Crippen molar-refractivity contribution in [2.24, 2.45) is 5.73 Å². The third kappa shape index (κ3) is 3.45. The van der Waals surface area contributed by atoms with Crippen molar-refractivity contribution in [3.8, 4) is 22.5 Å². The summed E-state index contributed by atoms with van der Waals surface area (Å²) in [6.07, 6.45) is 8.47. The first-order chi connectivity index (χ1) is 14.3. The molecule has 0 bridgehead atoms. The van der Waals surface area contributed by atoms with Crippen molar-refractivity contribution in [3.63, 3.8) is 0 Å². The van der Waals surface area contributed by atoms with Crippen LogP contribution in [0.1, 0.15) is 12.5 Å². The van der Waals surface area contributed by atoms with Crippen LogP contribution in [-0.2, 0) is 4.74 Å². The van der Waals surface area contributed by atoms with E-state index in [2.05, 4.69) is 31.3 Å². The summed E-state index contributed by atoms with van der Waals surface area (Å²) in [6.45, 7) is 2.55. The molecule has 148 valence electrons. The molecule has 9 heteroatoms. The Hall–Kier alpha value is -3.30. The van der Waals surface area contributed by atoms with Crippen molar-refractivity contribution in [2.75, 3.05) is 31.6 Å². The van der Waals surface area contributed by atoms with Gasteiger partial charge in [0.1, 0.15) is 11.3 Å². The first-order valence-electron chi connectivity index (χ1n) is 9.69. The van der Waals surface area contributed by atoms with E-state index in [4.69, 9.17) is 15.6 Å². The number of nitrogens with two attached hydrogens (primary N) is 1. The molecular weight excluding hydrogens is 368 g/mol. The van der Waals surface area contributed by atoms with Gasteiger partial charge in [-0.25, -0.2) is 15.0 Å². The third-order valence-electron chi connectivity index (χ3n) is 5.04. The van der Waals surface area contributed by atoms with Crippen LogP contribution >= 0.6 is 0 Å². The second kappa shape index (κ2) is 7.61. The lowest BCUT2D eigenvalue weighted by Gasteiger charge is -2.07. The van der Waals surface area contributed by atoms with E-state index in [0.29, 0.717) is 25.6 Å². The number of pyridine rings is 1. The molecule has 1 atom stereocenters. The highest BCUT2D eigenvalue weighted by Gasteiger charge is 2.23. The Balaban J connectivity index is 1.61. The molecule has 1 saturated heterocycles. The second-order valence-electron chi connectivity index (χ2n) is 7.01. The van der Waals surface area contributed by atoms with Gasteiger partial charge in [-0.3, -0.25) is 4.68 Å². The topological polar surface area (TPSA) is 120 Å². The quantitative estimate of drug-likeness (QED) is 0.462. The van der Waals surface area contributed by atoms with Gasteiger partial charge >= 0.3 is 0 Å². The van der Waals surface area contributed by atoms with Crippen molar-refractivity contribution in [1.29, 1.82) is 0 Å². The maximum atomic E-state index is 5.58. The zero-order chi connectivity index (χ0) is 19.6. The Morgan fingerprint density at radius 2 is 2.28 bits per heavy atom. The van der Waals surface area contributed by atoms with Crippen molar-refractivity contribution < 1.29 is 4.74 Å².